The molecule has 3 atom stereocenters. The molecule has 0 radical (unpaired) electrons. The predicted octanol–water partition coefficient (Wildman–Crippen LogP) is 3.90. The summed E-state index contributed by atoms with van der Waals surface area (Å²) in [6.07, 6.45) is 8.70. The number of unbranched alkanes of at least 4 members (excludes halogenated alkanes) is 1. The molecule has 0 unspecified atom stereocenters. The largest absolute Gasteiger partial charge is 0.491 e. The van der Waals surface area contributed by atoms with Crippen molar-refractivity contribution >= 4 is 0 Å². The highest BCUT2D eigenvalue weighted by Crippen LogP contribution is 2.28. The minimum absolute atomic E-state index is 0.248. The summed E-state index contributed by atoms with van der Waals surface area (Å²) in [4.78, 5) is 8.84. The van der Waals surface area contributed by atoms with Gasteiger partial charge >= 0.3 is 0 Å². The van der Waals surface area contributed by atoms with Crippen LogP contribution in [-0.2, 0) is 9.47 Å². The van der Waals surface area contributed by atoms with Gasteiger partial charge in [-0.2, -0.15) is 0 Å². The van der Waals surface area contributed by atoms with Gasteiger partial charge in [0.15, 0.2) is 11.6 Å². The Hall–Kier alpha value is -2.18. The quantitative estimate of drug-likeness (QED) is 0.579. The van der Waals surface area contributed by atoms with Gasteiger partial charge in [0.05, 0.1) is 31.7 Å². The van der Waals surface area contributed by atoms with Crippen molar-refractivity contribution in [2.75, 3.05) is 26.4 Å². The fourth-order valence-corrected chi connectivity index (χ4v) is 3.33. The summed E-state index contributed by atoms with van der Waals surface area (Å²) in [5.74, 6) is 2.67. The molecule has 28 heavy (non-hydrogen) atoms. The minimum Gasteiger partial charge on any atom is -0.491 e. The van der Waals surface area contributed by atoms with Crippen molar-refractivity contribution in [2.45, 2.75) is 44.8 Å². The lowest BCUT2D eigenvalue weighted by Crippen LogP contribution is -2.11. The van der Waals surface area contributed by atoms with E-state index < -0.39 is 0 Å². The summed E-state index contributed by atoms with van der Waals surface area (Å²) in [6, 6.07) is 7.85. The molecule has 1 aromatic carbocycles. The second kappa shape index (κ2) is 9.34. The van der Waals surface area contributed by atoms with Gasteiger partial charge in [-0.3, -0.25) is 0 Å². The average Bonchev–Trinajstić information content (AvgIpc) is 3.28. The van der Waals surface area contributed by atoms with Crippen LogP contribution >= 0.6 is 0 Å². The molecule has 0 amide bonds. The van der Waals surface area contributed by atoms with E-state index in [1.54, 1.807) is 12.4 Å². The summed E-state index contributed by atoms with van der Waals surface area (Å²) in [7, 11) is 0. The minimum atomic E-state index is 0.248. The van der Waals surface area contributed by atoms with Crippen LogP contribution in [0, 0.1) is 5.92 Å². The molecule has 1 aromatic heterocycles. The SMILES string of the molecule is CCCC[C@@H]1O[C@H]1COc1ccc(-c2ncc(OC[C@H]3CCOC3)cn2)cc1. The average molecular weight is 384 g/mol. The summed E-state index contributed by atoms with van der Waals surface area (Å²) < 4.78 is 22.6. The lowest BCUT2D eigenvalue weighted by molar-refractivity contribution is 0.167. The van der Waals surface area contributed by atoms with Gasteiger partial charge in [0.25, 0.3) is 0 Å². The fraction of sp³-hybridized carbons (Fsp3) is 0.545. The van der Waals surface area contributed by atoms with E-state index in [0.29, 0.717) is 36.8 Å². The van der Waals surface area contributed by atoms with Crippen molar-refractivity contribution < 1.29 is 18.9 Å². The van der Waals surface area contributed by atoms with E-state index in [-0.39, 0.29) is 6.10 Å². The lowest BCUT2D eigenvalue weighted by atomic mass is 10.1. The third kappa shape index (κ3) is 5.20. The van der Waals surface area contributed by atoms with Crippen molar-refractivity contribution in [3.8, 4) is 22.9 Å². The van der Waals surface area contributed by atoms with E-state index in [0.717, 1.165) is 37.4 Å². The molecule has 0 saturated carbocycles. The van der Waals surface area contributed by atoms with Crippen molar-refractivity contribution in [3.63, 3.8) is 0 Å². The highest BCUT2D eigenvalue weighted by atomic mass is 16.6. The number of ether oxygens (including phenoxy) is 4. The molecule has 2 aliphatic rings. The van der Waals surface area contributed by atoms with Crippen LogP contribution < -0.4 is 9.47 Å². The number of hydrogen-bond donors (Lipinski definition) is 0. The second-order valence-corrected chi connectivity index (χ2v) is 7.47. The first-order chi connectivity index (χ1) is 13.8. The van der Waals surface area contributed by atoms with E-state index in [9.17, 15) is 0 Å². The summed E-state index contributed by atoms with van der Waals surface area (Å²) in [6.45, 7) is 5.07. The Bertz CT molecular complexity index is 729. The maximum atomic E-state index is 5.83. The van der Waals surface area contributed by atoms with Gasteiger partial charge in [-0.15, -0.1) is 0 Å². The maximum Gasteiger partial charge on any atom is 0.159 e. The molecular formula is C22H28N2O4. The van der Waals surface area contributed by atoms with E-state index >= 15 is 0 Å². The molecule has 0 aliphatic carbocycles. The van der Waals surface area contributed by atoms with Crippen LogP contribution in [0.15, 0.2) is 36.7 Å². The Balaban J connectivity index is 1.24. The predicted molar refractivity (Wildman–Crippen MR) is 106 cm³/mol. The molecule has 2 aromatic rings. The number of aromatic nitrogens is 2. The van der Waals surface area contributed by atoms with Crippen LogP contribution in [0.3, 0.4) is 0 Å². The molecule has 0 bridgehead atoms. The Morgan fingerprint density at radius 1 is 1.00 bits per heavy atom. The molecule has 4 rings (SSSR count). The van der Waals surface area contributed by atoms with Gasteiger partial charge < -0.3 is 18.9 Å². The van der Waals surface area contributed by atoms with Crippen molar-refractivity contribution in [3.05, 3.63) is 36.7 Å². The number of hydrogen-bond acceptors (Lipinski definition) is 6. The molecule has 2 aliphatic heterocycles. The van der Waals surface area contributed by atoms with Gasteiger partial charge in [-0.05, 0) is 37.1 Å². The highest BCUT2D eigenvalue weighted by Gasteiger charge is 2.38. The summed E-state index contributed by atoms with van der Waals surface area (Å²) in [5.41, 5.74) is 0.951. The van der Waals surface area contributed by atoms with Gasteiger partial charge in [0, 0.05) is 18.1 Å². The van der Waals surface area contributed by atoms with Gasteiger partial charge in [-0.1, -0.05) is 19.8 Å². The lowest BCUT2D eigenvalue weighted by Gasteiger charge is -2.10. The van der Waals surface area contributed by atoms with Crippen molar-refractivity contribution in [2.24, 2.45) is 5.92 Å². The fourth-order valence-electron chi connectivity index (χ4n) is 3.33. The first-order valence-corrected chi connectivity index (χ1v) is 10.2. The van der Waals surface area contributed by atoms with Crippen LogP contribution in [0.1, 0.15) is 32.6 Å². The topological polar surface area (TPSA) is 66.0 Å². The molecule has 0 N–H and O–H groups in total. The standard InChI is InChI=1S/C22H28N2O4/c1-2-3-4-20-21(28-20)15-27-18-7-5-17(6-8-18)22-23-11-19(12-24-22)26-14-16-9-10-25-13-16/h5-8,11-12,16,20-21H,2-4,9-10,13-15H2,1H3/t16-,20-,21-/m0/s1. The smallest absolute Gasteiger partial charge is 0.159 e. The zero-order valence-corrected chi connectivity index (χ0v) is 16.4. The van der Waals surface area contributed by atoms with Crippen molar-refractivity contribution in [1.29, 1.82) is 0 Å². The molecule has 6 heteroatoms. The number of benzene rings is 1. The third-order valence-corrected chi connectivity index (χ3v) is 5.19. The van der Waals surface area contributed by atoms with Gasteiger partial charge in [0.2, 0.25) is 0 Å². The second-order valence-electron chi connectivity index (χ2n) is 7.47. The maximum absolute atomic E-state index is 5.83. The van der Waals surface area contributed by atoms with E-state index in [1.807, 2.05) is 24.3 Å². The number of epoxide rings is 1. The van der Waals surface area contributed by atoms with E-state index in [1.165, 1.54) is 12.8 Å². The molecule has 3 heterocycles. The Kier molecular flexibility index (Phi) is 6.39. The van der Waals surface area contributed by atoms with Gasteiger partial charge in [0.1, 0.15) is 18.5 Å². The summed E-state index contributed by atoms with van der Waals surface area (Å²) in [5, 5.41) is 0. The van der Waals surface area contributed by atoms with Crippen molar-refractivity contribution in [1.82, 2.24) is 9.97 Å². The Labute approximate surface area is 166 Å². The molecule has 2 fully saturated rings. The Morgan fingerprint density at radius 3 is 2.50 bits per heavy atom. The van der Waals surface area contributed by atoms with Crippen LogP contribution in [-0.4, -0.2) is 48.6 Å². The molecule has 0 spiro atoms. The zero-order valence-electron chi connectivity index (χ0n) is 16.4. The van der Waals surface area contributed by atoms with E-state index in [2.05, 4.69) is 16.9 Å². The highest BCUT2D eigenvalue weighted by molar-refractivity contribution is 5.56. The molecule has 2 saturated heterocycles. The van der Waals surface area contributed by atoms with Gasteiger partial charge in [-0.25, -0.2) is 9.97 Å². The van der Waals surface area contributed by atoms with Crippen LogP contribution in [0.4, 0.5) is 0 Å². The normalized spacial score (nSPS) is 23.5. The first kappa shape index (κ1) is 19.2. The summed E-state index contributed by atoms with van der Waals surface area (Å²) >= 11 is 0. The molecule has 150 valence electrons. The zero-order chi connectivity index (χ0) is 19.2. The third-order valence-electron chi connectivity index (χ3n) is 5.19. The monoisotopic (exact) mass is 384 g/mol. The van der Waals surface area contributed by atoms with Crippen LogP contribution in [0.25, 0.3) is 11.4 Å². The molecule has 6 nitrogen and oxygen atoms in total. The number of nitrogens with zero attached hydrogens (tertiary/aromatic N) is 2. The Morgan fingerprint density at radius 2 is 1.79 bits per heavy atom. The molecular weight excluding hydrogens is 356 g/mol. The van der Waals surface area contributed by atoms with E-state index in [4.69, 9.17) is 18.9 Å². The number of rotatable bonds is 10. The first-order valence-electron chi connectivity index (χ1n) is 10.2. The van der Waals surface area contributed by atoms with Crippen LogP contribution in [0.5, 0.6) is 11.5 Å². The van der Waals surface area contributed by atoms with Crippen LogP contribution in [0.2, 0.25) is 0 Å².